The van der Waals surface area contributed by atoms with Gasteiger partial charge < -0.3 is 19.7 Å². The highest BCUT2D eigenvalue weighted by atomic mass is 32.1. The molecule has 7 heteroatoms. The fourth-order valence-corrected chi connectivity index (χ4v) is 3.31. The molecule has 3 aromatic carbocycles. The molecule has 0 radical (unpaired) electrons. The number of phenolic OH excluding ortho intramolecular Hbond substituents is 1. The van der Waals surface area contributed by atoms with Gasteiger partial charge in [0.05, 0.1) is 13.2 Å². The molecule has 2 N–H and O–H groups in total. The molecule has 0 unspecified atom stereocenters. The molecule has 0 heterocycles. The highest BCUT2D eigenvalue weighted by Gasteiger charge is 2.11. The fraction of sp³-hybridized carbons (Fsp3) is 0.208. The number of hydrogen-bond donors (Lipinski definition) is 3. The Kier molecular flexibility index (Phi) is 7.78. The molecule has 0 fully saturated rings. The first-order valence-electron chi connectivity index (χ1n) is 9.81. The molecule has 0 aromatic heterocycles. The van der Waals surface area contributed by atoms with Crippen LogP contribution in [0.5, 0.6) is 17.2 Å². The number of carbonyl (C=O) groups is 1. The van der Waals surface area contributed by atoms with Crippen LogP contribution in [0.2, 0.25) is 0 Å². The molecule has 0 bridgehead atoms. The fourth-order valence-electron chi connectivity index (χ4n) is 3.05. The number of aliphatic carboxylic acids is 1. The van der Waals surface area contributed by atoms with Crippen molar-refractivity contribution in [2.45, 2.75) is 24.2 Å². The summed E-state index contributed by atoms with van der Waals surface area (Å²) in [5, 5.41) is 19.2. The number of carboxylic acids is 1. The molecule has 0 amide bonds. The Morgan fingerprint density at radius 2 is 1.65 bits per heavy atom. The zero-order chi connectivity index (χ0) is 22.2. The second-order valence-corrected chi connectivity index (χ2v) is 7.38. The number of thiol groups is 1. The number of rotatable bonds is 10. The third kappa shape index (κ3) is 6.39. The number of ether oxygens (including phenoxy) is 2. The van der Waals surface area contributed by atoms with Crippen molar-refractivity contribution in [3.63, 3.8) is 0 Å². The van der Waals surface area contributed by atoms with E-state index in [0.29, 0.717) is 53.6 Å². The van der Waals surface area contributed by atoms with E-state index in [9.17, 15) is 14.3 Å². The summed E-state index contributed by atoms with van der Waals surface area (Å²) < 4.78 is 24.6. The number of hydrogen-bond acceptors (Lipinski definition) is 5. The lowest BCUT2D eigenvalue weighted by molar-refractivity contribution is -0.136. The number of aryl methyl sites for hydroxylation is 1. The van der Waals surface area contributed by atoms with Gasteiger partial charge in [-0.2, -0.15) is 0 Å². The molecule has 0 aliphatic heterocycles. The van der Waals surface area contributed by atoms with Gasteiger partial charge in [-0.05, 0) is 41.8 Å². The summed E-state index contributed by atoms with van der Waals surface area (Å²) in [6, 6.07) is 16.4. The van der Waals surface area contributed by atoms with Crippen molar-refractivity contribution in [2.24, 2.45) is 0 Å². The minimum absolute atomic E-state index is 0.0167. The third-order valence-corrected chi connectivity index (χ3v) is 4.97. The smallest absolute Gasteiger partial charge is 0.303 e. The zero-order valence-corrected chi connectivity index (χ0v) is 17.6. The van der Waals surface area contributed by atoms with Gasteiger partial charge in [0, 0.05) is 29.4 Å². The molecule has 3 rings (SSSR count). The second-order valence-electron chi connectivity index (χ2n) is 6.90. The van der Waals surface area contributed by atoms with Gasteiger partial charge in [-0.25, -0.2) is 4.39 Å². The molecule has 31 heavy (non-hydrogen) atoms. The third-order valence-electron chi connectivity index (χ3n) is 4.62. The maximum Gasteiger partial charge on any atom is 0.303 e. The Balaban J connectivity index is 1.53. The van der Waals surface area contributed by atoms with Crippen molar-refractivity contribution >= 4 is 18.6 Å². The average molecular weight is 443 g/mol. The Bertz CT molecular complexity index is 1040. The molecule has 5 nitrogen and oxygen atoms in total. The first kappa shape index (κ1) is 22.5. The largest absolute Gasteiger partial charge is 0.507 e. The summed E-state index contributed by atoms with van der Waals surface area (Å²) in [5.74, 6) is -0.0722. The first-order valence-corrected chi connectivity index (χ1v) is 10.3. The Morgan fingerprint density at radius 1 is 0.968 bits per heavy atom. The first-order chi connectivity index (χ1) is 14.9. The maximum absolute atomic E-state index is 13.1. The van der Waals surface area contributed by atoms with Gasteiger partial charge in [0.2, 0.25) is 0 Å². The summed E-state index contributed by atoms with van der Waals surface area (Å²) >= 11 is 4.43. The summed E-state index contributed by atoms with van der Waals surface area (Å²) in [4.78, 5) is 11.3. The predicted molar refractivity (Wildman–Crippen MR) is 119 cm³/mol. The van der Waals surface area contributed by atoms with Crippen LogP contribution >= 0.6 is 12.6 Å². The molecule has 0 spiro atoms. The number of aromatic hydroxyl groups is 1. The van der Waals surface area contributed by atoms with Gasteiger partial charge in [-0.3, -0.25) is 4.79 Å². The summed E-state index contributed by atoms with van der Waals surface area (Å²) in [6.07, 6.45) is 1.04. The van der Waals surface area contributed by atoms with Crippen LogP contribution < -0.4 is 9.47 Å². The van der Waals surface area contributed by atoms with Gasteiger partial charge >= 0.3 is 5.97 Å². The molecule has 0 saturated heterocycles. The molecular weight excluding hydrogens is 419 g/mol. The number of phenols is 1. The molecular formula is C24H23FO5S. The van der Waals surface area contributed by atoms with E-state index in [1.807, 2.05) is 24.3 Å². The van der Waals surface area contributed by atoms with E-state index in [1.54, 1.807) is 18.2 Å². The van der Waals surface area contributed by atoms with Crippen LogP contribution in [-0.2, 0) is 11.2 Å². The van der Waals surface area contributed by atoms with Crippen molar-refractivity contribution in [3.8, 4) is 28.4 Å². The normalized spacial score (nSPS) is 10.6. The van der Waals surface area contributed by atoms with Gasteiger partial charge in [-0.15, -0.1) is 12.6 Å². The van der Waals surface area contributed by atoms with Crippen molar-refractivity contribution in [1.29, 1.82) is 0 Å². The van der Waals surface area contributed by atoms with Gasteiger partial charge in [-0.1, -0.05) is 30.3 Å². The van der Waals surface area contributed by atoms with Crippen molar-refractivity contribution in [3.05, 3.63) is 72.0 Å². The van der Waals surface area contributed by atoms with Gasteiger partial charge in [0.15, 0.2) is 0 Å². The molecule has 0 saturated carbocycles. The van der Waals surface area contributed by atoms with Crippen LogP contribution in [0, 0.1) is 5.82 Å². The number of para-hydroxylation sites is 1. The Morgan fingerprint density at radius 3 is 2.35 bits per heavy atom. The van der Waals surface area contributed by atoms with E-state index < -0.39 is 5.97 Å². The van der Waals surface area contributed by atoms with E-state index in [4.69, 9.17) is 14.6 Å². The standard InChI is InChI=1S/C24H23FO5S/c25-18-9-6-16(7-10-18)19-14-23(31)22(15-20(19)26)30-13-3-12-29-21-5-2-1-4-17(21)8-11-24(27)28/h1-2,4-7,9-10,14-15,26,31H,3,8,11-13H2,(H,27,28). The minimum atomic E-state index is -0.848. The van der Waals surface area contributed by atoms with Crippen molar-refractivity contribution in [1.82, 2.24) is 0 Å². The van der Waals surface area contributed by atoms with Crippen LogP contribution in [0.1, 0.15) is 18.4 Å². The predicted octanol–water partition coefficient (Wildman–Crippen LogP) is 5.35. The number of carboxylic acid groups (broad SMARTS) is 1. The van der Waals surface area contributed by atoms with E-state index >= 15 is 0 Å². The highest BCUT2D eigenvalue weighted by Crippen LogP contribution is 2.37. The lowest BCUT2D eigenvalue weighted by Crippen LogP contribution is -2.07. The summed E-state index contributed by atoms with van der Waals surface area (Å²) in [5.41, 5.74) is 2.07. The minimum Gasteiger partial charge on any atom is -0.507 e. The highest BCUT2D eigenvalue weighted by molar-refractivity contribution is 7.80. The SMILES string of the molecule is O=C(O)CCc1ccccc1OCCCOc1cc(O)c(-c2ccc(F)cc2)cc1S. The number of halogens is 1. The Hall–Kier alpha value is -3.19. The summed E-state index contributed by atoms with van der Waals surface area (Å²) in [6.45, 7) is 0.742. The molecule has 3 aromatic rings. The number of benzene rings is 3. The van der Waals surface area contributed by atoms with Crippen LogP contribution in [0.25, 0.3) is 11.1 Å². The van der Waals surface area contributed by atoms with Crippen LogP contribution in [0.15, 0.2) is 65.6 Å². The van der Waals surface area contributed by atoms with Crippen molar-refractivity contribution < 1.29 is 28.9 Å². The summed E-state index contributed by atoms with van der Waals surface area (Å²) in [7, 11) is 0. The topological polar surface area (TPSA) is 76.0 Å². The van der Waals surface area contributed by atoms with E-state index in [1.165, 1.54) is 18.2 Å². The monoisotopic (exact) mass is 442 g/mol. The van der Waals surface area contributed by atoms with Crippen LogP contribution in [0.3, 0.4) is 0 Å². The average Bonchev–Trinajstić information content (AvgIpc) is 2.75. The molecule has 0 aliphatic carbocycles. The lowest BCUT2D eigenvalue weighted by atomic mass is 10.0. The Labute approximate surface area is 185 Å². The van der Waals surface area contributed by atoms with E-state index in [-0.39, 0.29) is 18.0 Å². The quantitative estimate of drug-likeness (QED) is 0.291. The lowest BCUT2D eigenvalue weighted by Gasteiger charge is -2.13. The second kappa shape index (κ2) is 10.7. The van der Waals surface area contributed by atoms with Gasteiger partial charge in [0.1, 0.15) is 23.1 Å². The maximum atomic E-state index is 13.1. The zero-order valence-electron chi connectivity index (χ0n) is 16.8. The van der Waals surface area contributed by atoms with Gasteiger partial charge in [0.25, 0.3) is 0 Å². The van der Waals surface area contributed by atoms with Crippen molar-refractivity contribution in [2.75, 3.05) is 13.2 Å². The van der Waals surface area contributed by atoms with Crippen LogP contribution in [-0.4, -0.2) is 29.4 Å². The van der Waals surface area contributed by atoms with Crippen LogP contribution in [0.4, 0.5) is 4.39 Å². The molecule has 162 valence electrons. The molecule has 0 atom stereocenters. The van der Waals surface area contributed by atoms with E-state index in [0.717, 1.165) is 5.56 Å². The molecule has 0 aliphatic rings. The van der Waals surface area contributed by atoms with E-state index in [2.05, 4.69) is 12.6 Å².